The quantitative estimate of drug-likeness (QED) is 0.942. The molecule has 0 aliphatic heterocycles. The lowest BCUT2D eigenvalue weighted by molar-refractivity contribution is 0.601. The average molecular weight is 312 g/mol. The van der Waals surface area contributed by atoms with Gasteiger partial charge in [-0.05, 0) is 18.2 Å². The monoisotopic (exact) mass is 311 g/mol. The van der Waals surface area contributed by atoms with Gasteiger partial charge in [-0.3, -0.25) is 4.72 Å². The molecule has 0 atom stereocenters. The topological polar surface area (TPSA) is 72.0 Å². The van der Waals surface area contributed by atoms with Crippen molar-refractivity contribution in [1.82, 2.24) is 9.97 Å². The number of halogens is 1. The van der Waals surface area contributed by atoms with Crippen molar-refractivity contribution in [1.29, 1.82) is 0 Å². The molecule has 1 aromatic heterocycles. The zero-order valence-electron chi connectivity index (χ0n) is 11.0. The van der Waals surface area contributed by atoms with E-state index in [1.165, 1.54) is 24.4 Å². The largest absolute Gasteiger partial charge is 0.264 e. The second-order valence-electron chi connectivity index (χ2n) is 4.49. The van der Waals surface area contributed by atoms with Crippen LogP contribution in [0.3, 0.4) is 0 Å². The minimum absolute atomic E-state index is 0.0198. The SMILES string of the molecule is CC(C)c1nccc(NS(=O)(=O)c2ccccc2Cl)n1. The van der Waals surface area contributed by atoms with E-state index in [0.29, 0.717) is 5.82 Å². The van der Waals surface area contributed by atoms with Gasteiger partial charge in [0.1, 0.15) is 16.5 Å². The van der Waals surface area contributed by atoms with Crippen LogP contribution in [-0.2, 0) is 10.0 Å². The summed E-state index contributed by atoms with van der Waals surface area (Å²) < 4.78 is 26.9. The van der Waals surface area contributed by atoms with Gasteiger partial charge in [-0.15, -0.1) is 0 Å². The third-order valence-corrected chi connectivity index (χ3v) is 4.41. The Hall–Kier alpha value is -1.66. The van der Waals surface area contributed by atoms with Crippen molar-refractivity contribution in [3.63, 3.8) is 0 Å². The van der Waals surface area contributed by atoms with E-state index in [0.717, 1.165) is 0 Å². The van der Waals surface area contributed by atoms with E-state index < -0.39 is 10.0 Å². The molecular formula is C13H14ClN3O2S. The highest BCUT2D eigenvalue weighted by Crippen LogP contribution is 2.22. The zero-order valence-corrected chi connectivity index (χ0v) is 12.6. The summed E-state index contributed by atoms with van der Waals surface area (Å²) in [6, 6.07) is 7.74. The molecule has 106 valence electrons. The van der Waals surface area contributed by atoms with Gasteiger partial charge in [0.15, 0.2) is 0 Å². The molecule has 1 aromatic carbocycles. The number of rotatable bonds is 4. The van der Waals surface area contributed by atoms with Crippen molar-refractivity contribution in [3.05, 3.63) is 47.4 Å². The fourth-order valence-corrected chi connectivity index (χ4v) is 3.09. The van der Waals surface area contributed by atoms with Gasteiger partial charge in [0.2, 0.25) is 0 Å². The van der Waals surface area contributed by atoms with Gasteiger partial charge >= 0.3 is 0 Å². The Labute approximate surface area is 123 Å². The van der Waals surface area contributed by atoms with Crippen molar-refractivity contribution < 1.29 is 8.42 Å². The molecule has 7 heteroatoms. The third kappa shape index (κ3) is 3.26. The number of nitrogens with one attached hydrogen (secondary N) is 1. The molecule has 0 saturated carbocycles. The van der Waals surface area contributed by atoms with Crippen LogP contribution >= 0.6 is 11.6 Å². The Balaban J connectivity index is 2.34. The lowest BCUT2D eigenvalue weighted by Crippen LogP contribution is -2.15. The number of nitrogens with zero attached hydrogens (tertiary/aromatic N) is 2. The maximum Gasteiger partial charge on any atom is 0.264 e. The van der Waals surface area contributed by atoms with E-state index >= 15 is 0 Å². The van der Waals surface area contributed by atoms with Crippen LogP contribution in [0.15, 0.2) is 41.4 Å². The Morgan fingerprint density at radius 2 is 1.90 bits per heavy atom. The molecule has 1 heterocycles. The number of aromatic nitrogens is 2. The van der Waals surface area contributed by atoms with Gasteiger partial charge in [0.25, 0.3) is 10.0 Å². The summed E-state index contributed by atoms with van der Waals surface area (Å²) in [4.78, 5) is 8.28. The first-order valence-electron chi connectivity index (χ1n) is 6.00. The van der Waals surface area contributed by atoms with Crippen molar-refractivity contribution in [3.8, 4) is 0 Å². The fourth-order valence-electron chi connectivity index (χ4n) is 1.56. The van der Waals surface area contributed by atoms with Gasteiger partial charge in [0, 0.05) is 12.1 Å². The molecule has 0 unspecified atom stereocenters. The summed E-state index contributed by atoms with van der Waals surface area (Å²) in [6.45, 7) is 3.86. The van der Waals surface area contributed by atoms with Gasteiger partial charge in [0.05, 0.1) is 5.02 Å². The molecule has 0 fully saturated rings. The number of sulfonamides is 1. The highest BCUT2D eigenvalue weighted by atomic mass is 35.5. The van der Waals surface area contributed by atoms with E-state index in [1.54, 1.807) is 12.1 Å². The van der Waals surface area contributed by atoms with Crippen LogP contribution in [-0.4, -0.2) is 18.4 Å². The minimum atomic E-state index is -3.76. The number of anilines is 1. The van der Waals surface area contributed by atoms with E-state index in [-0.39, 0.29) is 21.7 Å². The van der Waals surface area contributed by atoms with Gasteiger partial charge < -0.3 is 0 Å². The Bertz CT molecular complexity index is 717. The van der Waals surface area contributed by atoms with Crippen LogP contribution in [0.2, 0.25) is 5.02 Å². The van der Waals surface area contributed by atoms with Crippen molar-refractivity contribution in [2.45, 2.75) is 24.7 Å². The first-order valence-corrected chi connectivity index (χ1v) is 7.86. The Kier molecular flexibility index (Phi) is 4.25. The summed E-state index contributed by atoms with van der Waals surface area (Å²) in [7, 11) is -3.76. The lowest BCUT2D eigenvalue weighted by atomic mass is 10.2. The van der Waals surface area contributed by atoms with Crippen molar-refractivity contribution in [2.75, 3.05) is 4.72 Å². The maximum absolute atomic E-state index is 12.2. The fraction of sp³-hybridized carbons (Fsp3) is 0.231. The summed E-state index contributed by atoms with van der Waals surface area (Å²) in [6.07, 6.45) is 1.52. The van der Waals surface area contributed by atoms with Crippen molar-refractivity contribution in [2.24, 2.45) is 0 Å². The summed E-state index contributed by atoms with van der Waals surface area (Å²) in [5, 5.41) is 0.165. The molecule has 0 amide bonds. The molecule has 1 N–H and O–H groups in total. The first kappa shape index (κ1) is 14.7. The Morgan fingerprint density at radius 3 is 2.55 bits per heavy atom. The first-order chi connectivity index (χ1) is 9.40. The highest BCUT2D eigenvalue weighted by Gasteiger charge is 2.18. The van der Waals surface area contributed by atoms with Crippen LogP contribution in [0, 0.1) is 0 Å². The molecule has 0 saturated heterocycles. The van der Waals surface area contributed by atoms with Crippen LogP contribution in [0.4, 0.5) is 5.82 Å². The molecule has 0 spiro atoms. The maximum atomic E-state index is 12.2. The van der Waals surface area contributed by atoms with E-state index in [9.17, 15) is 8.42 Å². The summed E-state index contributed by atoms with van der Waals surface area (Å²) in [5.74, 6) is 0.910. The van der Waals surface area contributed by atoms with E-state index in [2.05, 4.69) is 14.7 Å². The molecule has 2 rings (SSSR count). The molecule has 0 aliphatic carbocycles. The smallest absolute Gasteiger partial charge is 0.263 e. The molecule has 0 radical (unpaired) electrons. The van der Waals surface area contributed by atoms with Crippen LogP contribution in [0.5, 0.6) is 0 Å². The number of hydrogen-bond donors (Lipinski definition) is 1. The summed E-state index contributed by atoms with van der Waals surface area (Å²) >= 11 is 5.90. The lowest BCUT2D eigenvalue weighted by Gasteiger charge is -2.10. The van der Waals surface area contributed by atoms with E-state index in [4.69, 9.17) is 11.6 Å². The van der Waals surface area contributed by atoms with Crippen molar-refractivity contribution >= 4 is 27.4 Å². The molecule has 0 aliphatic rings. The molecular weight excluding hydrogens is 298 g/mol. The van der Waals surface area contributed by atoms with Crippen LogP contribution in [0.25, 0.3) is 0 Å². The van der Waals surface area contributed by atoms with Gasteiger partial charge in [-0.2, -0.15) is 0 Å². The molecule has 20 heavy (non-hydrogen) atoms. The zero-order chi connectivity index (χ0) is 14.8. The van der Waals surface area contributed by atoms with Gasteiger partial charge in [-0.25, -0.2) is 18.4 Å². The molecule has 0 bridgehead atoms. The highest BCUT2D eigenvalue weighted by molar-refractivity contribution is 7.92. The van der Waals surface area contributed by atoms with Crippen LogP contribution in [0.1, 0.15) is 25.6 Å². The van der Waals surface area contributed by atoms with Gasteiger partial charge in [-0.1, -0.05) is 37.6 Å². The predicted molar refractivity (Wildman–Crippen MR) is 78.4 cm³/mol. The molecule has 5 nitrogen and oxygen atoms in total. The minimum Gasteiger partial charge on any atom is -0.263 e. The number of benzene rings is 1. The Morgan fingerprint density at radius 1 is 1.20 bits per heavy atom. The second-order valence-corrected chi connectivity index (χ2v) is 6.55. The predicted octanol–water partition coefficient (Wildman–Crippen LogP) is 3.05. The standard InChI is InChI=1S/C13H14ClN3O2S/c1-9(2)13-15-8-7-12(16-13)17-20(18,19)11-6-4-3-5-10(11)14/h3-9H,1-2H3,(H,15,16,17). The number of hydrogen-bond acceptors (Lipinski definition) is 4. The normalized spacial score (nSPS) is 11.6. The average Bonchev–Trinajstić information content (AvgIpc) is 2.38. The van der Waals surface area contributed by atoms with Crippen LogP contribution < -0.4 is 4.72 Å². The summed E-state index contributed by atoms with van der Waals surface area (Å²) in [5.41, 5.74) is 0. The van der Waals surface area contributed by atoms with E-state index in [1.807, 2.05) is 13.8 Å². The third-order valence-electron chi connectivity index (χ3n) is 2.56. The second kappa shape index (κ2) is 5.76. The molecule has 2 aromatic rings.